The molecule has 0 unspecified atom stereocenters. The fourth-order valence-corrected chi connectivity index (χ4v) is 2.41. The molecule has 0 aliphatic heterocycles. The van der Waals surface area contributed by atoms with E-state index in [0.29, 0.717) is 10.6 Å². The van der Waals surface area contributed by atoms with Gasteiger partial charge in [0.15, 0.2) is 5.03 Å². The van der Waals surface area contributed by atoms with E-state index >= 15 is 0 Å². The molecule has 9 heteroatoms. The second-order valence-corrected chi connectivity index (χ2v) is 4.57. The minimum atomic E-state index is -0.544. The molecule has 0 saturated carbocycles. The molecule has 1 aromatic heterocycles. The van der Waals surface area contributed by atoms with Crippen molar-refractivity contribution in [3.63, 3.8) is 0 Å². The molecule has 0 saturated heterocycles. The Labute approximate surface area is 118 Å². The number of benzene rings is 1. The predicted molar refractivity (Wildman–Crippen MR) is 73.6 cm³/mol. The van der Waals surface area contributed by atoms with Crippen LogP contribution in [0.15, 0.2) is 40.4 Å². The maximum absolute atomic E-state index is 11.0. The first kappa shape index (κ1) is 14.0. The third-order valence-electron chi connectivity index (χ3n) is 2.34. The number of ether oxygens (including phenoxy) is 1. The highest BCUT2D eigenvalue weighted by molar-refractivity contribution is 7.99. The number of para-hydroxylation sites is 1. The first-order valence-corrected chi connectivity index (χ1v) is 6.26. The zero-order chi connectivity index (χ0) is 14.5. The van der Waals surface area contributed by atoms with Crippen molar-refractivity contribution in [3.8, 4) is 5.75 Å². The van der Waals surface area contributed by atoms with Crippen LogP contribution in [0.1, 0.15) is 0 Å². The summed E-state index contributed by atoms with van der Waals surface area (Å²) in [4.78, 5) is 18.9. The van der Waals surface area contributed by atoms with Crippen LogP contribution in [-0.4, -0.2) is 22.0 Å². The fourth-order valence-electron chi connectivity index (χ4n) is 1.44. The summed E-state index contributed by atoms with van der Waals surface area (Å²) in [5.74, 6) is 5.92. The van der Waals surface area contributed by atoms with E-state index in [1.807, 2.05) is 6.07 Å². The van der Waals surface area contributed by atoms with E-state index in [2.05, 4.69) is 15.4 Å². The number of methoxy groups -OCH3 is 1. The van der Waals surface area contributed by atoms with Crippen LogP contribution in [-0.2, 0) is 0 Å². The number of hydrogen-bond donors (Lipinski definition) is 2. The van der Waals surface area contributed by atoms with Crippen LogP contribution in [0.25, 0.3) is 0 Å². The molecule has 0 aliphatic rings. The van der Waals surface area contributed by atoms with Gasteiger partial charge in [-0.15, -0.1) is 0 Å². The number of hydrogen-bond acceptors (Lipinski definition) is 8. The van der Waals surface area contributed by atoms with Gasteiger partial charge in [-0.2, -0.15) is 4.98 Å². The van der Waals surface area contributed by atoms with E-state index in [-0.39, 0.29) is 16.7 Å². The molecule has 0 atom stereocenters. The number of anilines is 1. The minimum Gasteiger partial charge on any atom is -0.496 e. The highest BCUT2D eigenvalue weighted by Gasteiger charge is 2.19. The Kier molecular flexibility index (Phi) is 4.33. The Morgan fingerprint density at radius 2 is 2.20 bits per heavy atom. The Bertz CT molecular complexity index is 637. The number of nitrogens with two attached hydrogens (primary N) is 1. The second-order valence-electron chi connectivity index (χ2n) is 3.54. The first-order valence-electron chi connectivity index (χ1n) is 5.44. The van der Waals surface area contributed by atoms with Crippen molar-refractivity contribution in [1.29, 1.82) is 0 Å². The lowest BCUT2D eigenvalue weighted by Gasteiger charge is -2.07. The lowest BCUT2D eigenvalue weighted by atomic mass is 10.3. The normalized spacial score (nSPS) is 10.1. The van der Waals surface area contributed by atoms with E-state index < -0.39 is 4.92 Å². The molecular formula is C11H11N5O3S. The van der Waals surface area contributed by atoms with Crippen molar-refractivity contribution in [3.05, 3.63) is 40.6 Å². The largest absolute Gasteiger partial charge is 0.496 e. The molecule has 20 heavy (non-hydrogen) atoms. The highest BCUT2D eigenvalue weighted by atomic mass is 32.2. The van der Waals surface area contributed by atoms with E-state index in [4.69, 9.17) is 10.6 Å². The van der Waals surface area contributed by atoms with Crippen molar-refractivity contribution in [2.75, 3.05) is 12.5 Å². The van der Waals surface area contributed by atoms with E-state index in [1.165, 1.54) is 7.11 Å². The van der Waals surface area contributed by atoms with Gasteiger partial charge in [0.1, 0.15) is 11.9 Å². The highest BCUT2D eigenvalue weighted by Crippen LogP contribution is 2.37. The summed E-state index contributed by atoms with van der Waals surface area (Å²) in [7, 11) is 1.53. The molecule has 0 amide bonds. The van der Waals surface area contributed by atoms with Gasteiger partial charge >= 0.3 is 5.69 Å². The van der Waals surface area contributed by atoms with Crippen molar-refractivity contribution in [2.45, 2.75) is 9.92 Å². The molecule has 0 bridgehead atoms. The minimum absolute atomic E-state index is 0.105. The smallest absolute Gasteiger partial charge is 0.320 e. The summed E-state index contributed by atoms with van der Waals surface area (Å²) < 4.78 is 5.20. The summed E-state index contributed by atoms with van der Waals surface area (Å²) in [6, 6.07) is 7.16. The molecule has 3 N–H and O–H groups in total. The van der Waals surface area contributed by atoms with Crippen molar-refractivity contribution in [1.82, 2.24) is 9.97 Å². The van der Waals surface area contributed by atoms with Crippen LogP contribution < -0.4 is 16.0 Å². The van der Waals surface area contributed by atoms with Crippen LogP contribution in [0, 0.1) is 10.1 Å². The molecule has 2 aromatic rings. The molecule has 0 aliphatic carbocycles. The van der Waals surface area contributed by atoms with Crippen LogP contribution in [0.2, 0.25) is 0 Å². The fraction of sp³-hybridized carbons (Fsp3) is 0.0909. The number of nitrogens with one attached hydrogen (secondary N) is 1. The molecule has 0 spiro atoms. The molecular weight excluding hydrogens is 282 g/mol. The first-order chi connectivity index (χ1) is 9.65. The standard InChI is InChI=1S/C11H11N5O3S/c1-19-8-4-2-3-5-9(8)20-10-7(16(17)18)6-13-11(14-10)15-12/h2-6H,12H2,1H3,(H,13,14,15). The number of nitrogens with zero attached hydrogens (tertiary/aromatic N) is 3. The van der Waals surface area contributed by atoms with E-state index in [9.17, 15) is 10.1 Å². The van der Waals surface area contributed by atoms with Gasteiger partial charge < -0.3 is 4.74 Å². The lowest BCUT2D eigenvalue weighted by molar-refractivity contribution is -0.388. The van der Waals surface area contributed by atoms with Crippen molar-refractivity contribution >= 4 is 23.4 Å². The summed E-state index contributed by atoms with van der Waals surface area (Å²) >= 11 is 1.11. The topological polar surface area (TPSA) is 116 Å². The van der Waals surface area contributed by atoms with Crippen molar-refractivity contribution < 1.29 is 9.66 Å². The summed E-state index contributed by atoms with van der Waals surface area (Å²) in [5, 5.41) is 11.2. The second kappa shape index (κ2) is 6.17. The Morgan fingerprint density at radius 1 is 1.45 bits per heavy atom. The third kappa shape index (κ3) is 2.95. The van der Waals surface area contributed by atoms with Crippen LogP contribution in [0.3, 0.4) is 0 Å². The zero-order valence-corrected chi connectivity index (χ0v) is 11.3. The monoisotopic (exact) mass is 293 g/mol. The Balaban J connectivity index is 2.43. The zero-order valence-electron chi connectivity index (χ0n) is 10.4. The van der Waals surface area contributed by atoms with Crippen molar-refractivity contribution in [2.24, 2.45) is 5.84 Å². The molecule has 0 radical (unpaired) electrons. The summed E-state index contributed by atoms with van der Waals surface area (Å²) in [6.45, 7) is 0. The number of aromatic nitrogens is 2. The van der Waals surface area contributed by atoms with E-state index in [0.717, 1.165) is 18.0 Å². The molecule has 1 heterocycles. The lowest BCUT2D eigenvalue weighted by Crippen LogP contribution is -2.11. The number of rotatable bonds is 5. The average molecular weight is 293 g/mol. The number of nitro groups is 1. The molecule has 0 fully saturated rings. The van der Waals surface area contributed by atoms with Gasteiger partial charge in [-0.1, -0.05) is 23.9 Å². The molecule has 2 rings (SSSR count). The molecule has 104 valence electrons. The van der Waals surface area contributed by atoms with Gasteiger partial charge in [0, 0.05) is 0 Å². The summed E-state index contributed by atoms with van der Waals surface area (Å²) in [5.41, 5.74) is 2.06. The Hall–Kier alpha value is -2.39. The number of nitrogen functional groups attached to an aromatic ring is 1. The average Bonchev–Trinajstić information content (AvgIpc) is 2.47. The van der Waals surface area contributed by atoms with Crippen LogP contribution >= 0.6 is 11.8 Å². The molecule has 8 nitrogen and oxygen atoms in total. The maximum atomic E-state index is 11.0. The SMILES string of the molecule is COc1ccccc1Sc1nc(NN)ncc1[N+](=O)[O-]. The maximum Gasteiger partial charge on any atom is 0.320 e. The van der Waals surface area contributed by atoms with Gasteiger partial charge in [-0.25, -0.2) is 10.8 Å². The van der Waals surface area contributed by atoms with Crippen LogP contribution in [0.5, 0.6) is 5.75 Å². The van der Waals surface area contributed by atoms with Gasteiger partial charge in [0.2, 0.25) is 5.95 Å². The van der Waals surface area contributed by atoms with E-state index in [1.54, 1.807) is 18.2 Å². The predicted octanol–water partition coefficient (Wildman–Crippen LogP) is 1.83. The molecule has 1 aromatic carbocycles. The Morgan fingerprint density at radius 3 is 2.85 bits per heavy atom. The van der Waals surface area contributed by atoms with Gasteiger partial charge in [0.25, 0.3) is 0 Å². The van der Waals surface area contributed by atoms with Gasteiger partial charge in [0.05, 0.1) is 16.9 Å². The third-order valence-corrected chi connectivity index (χ3v) is 3.39. The quantitative estimate of drug-likeness (QED) is 0.371. The number of hydrazine groups is 1. The van der Waals surface area contributed by atoms with Gasteiger partial charge in [-0.05, 0) is 12.1 Å². The van der Waals surface area contributed by atoms with Crippen LogP contribution in [0.4, 0.5) is 11.6 Å². The van der Waals surface area contributed by atoms with Gasteiger partial charge in [-0.3, -0.25) is 15.5 Å². The summed E-state index contributed by atoms with van der Waals surface area (Å²) in [6.07, 6.45) is 1.11.